The van der Waals surface area contributed by atoms with E-state index < -0.39 is 0 Å². The quantitative estimate of drug-likeness (QED) is 0.636. The van der Waals surface area contributed by atoms with Gasteiger partial charge in [0.2, 0.25) is 6.79 Å². The van der Waals surface area contributed by atoms with Gasteiger partial charge in [-0.25, -0.2) is 4.98 Å². The molecule has 2 aliphatic heterocycles. The number of likely N-dealkylation sites (tertiary alicyclic amines) is 1. The molecular weight excluding hydrogens is 408 g/mol. The molecule has 1 fully saturated rings. The van der Waals surface area contributed by atoms with Crippen LogP contribution in [0, 0.1) is 0 Å². The molecule has 0 bridgehead atoms. The first-order valence-corrected chi connectivity index (χ1v) is 11.0. The molecule has 1 N–H and O–H groups in total. The highest BCUT2D eigenvalue weighted by Crippen LogP contribution is 2.39. The average molecular weight is 434 g/mol. The molecule has 2 aliphatic rings. The van der Waals surface area contributed by atoms with Gasteiger partial charge in [0.25, 0.3) is 5.56 Å². The standard InChI is InChI=1S/C24H26N4O4/c1-2-30-20-13-22-21(31-15-32-22)11-18(20)14-28-9-5-16(6-10-28)19-12-23(29)27-24(26-19)17-3-7-25-8-4-17/h3-4,7-8,11-13,16H,2,5-6,9-10,14-15H2,1H3,(H,26,27,29). The fourth-order valence-electron chi connectivity index (χ4n) is 4.34. The molecule has 0 unspecified atom stereocenters. The molecule has 8 heteroatoms. The normalized spacial score (nSPS) is 16.3. The van der Waals surface area contributed by atoms with Crippen LogP contribution in [0.5, 0.6) is 17.2 Å². The molecule has 0 radical (unpaired) electrons. The van der Waals surface area contributed by atoms with E-state index in [0.717, 1.165) is 66.5 Å². The van der Waals surface area contributed by atoms with Crippen molar-refractivity contribution in [2.45, 2.75) is 32.2 Å². The second-order valence-electron chi connectivity index (χ2n) is 8.05. The van der Waals surface area contributed by atoms with Crippen LogP contribution >= 0.6 is 0 Å². The van der Waals surface area contributed by atoms with Crippen molar-refractivity contribution in [3.63, 3.8) is 0 Å². The van der Waals surface area contributed by atoms with Gasteiger partial charge in [0, 0.05) is 48.1 Å². The maximum atomic E-state index is 12.3. The van der Waals surface area contributed by atoms with Crippen molar-refractivity contribution in [3.8, 4) is 28.6 Å². The van der Waals surface area contributed by atoms with Gasteiger partial charge in [0.05, 0.1) is 12.3 Å². The van der Waals surface area contributed by atoms with Crippen LogP contribution in [0.15, 0.2) is 47.5 Å². The van der Waals surface area contributed by atoms with E-state index in [2.05, 4.69) is 14.9 Å². The Labute approximate surface area is 186 Å². The molecule has 0 aliphatic carbocycles. The van der Waals surface area contributed by atoms with Crippen molar-refractivity contribution in [2.24, 2.45) is 0 Å². The Bertz CT molecular complexity index is 1140. The smallest absolute Gasteiger partial charge is 0.251 e. The number of benzene rings is 1. The molecule has 0 amide bonds. The number of rotatable bonds is 6. The van der Waals surface area contributed by atoms with Crippen LogP contribution in [0.4, 0.5) is 0 Å². The van der Waals surface area contributed by atoms with Gasteiger partial charge in [-0.2, -0.15) is 0 Å². The first kappa shape index (κ1) is 20.5. The van der Waals surface area contributed by atoms with E-state index in [4.69, 9.17) is 19.2 Å². The van der Waals surface area contributed by atoms with Gasteiger partial charge in [-0.05, 0) is 51.1 Å². The SMILES string of the molecule is CCOc1cc2c(cc1CN1CCC(c3cc(=O)[nH]c(-c4ccncc4)n3)CC1)OCO2. The molecule has 0 atom stereocenters. The van der Waals surface area contributed by atoms with Crippen LogP contribution in [-0.2, 0) is 6.54 Å². The lowest BCUT2D eigenvalue weighted by Gasteiger charge is -2.32. The Morgan fingerprint density at radius 1 is 1.12 bits per heavy atom. The fraction of sp³-hybridized carbons (Fsp3) is 0.375. The van der Waals surface area contributed by atoms with E-state index in [1.54, 1.807) is 18.5 Å². The van der Waals surface area contributed by atoms with Crippen molar-refractivity contribution < 1.29 is 14.2 Å². The monoisotopic (exact) mass is 434 g/mol. The Kier molecular flexibility index (Phi) is 5.77. The number of hydrogen-bond donors (Lipinski definition) is 1. The molecule has 5 rings (SSSR count). The molecule has 4 heterocycles. The zero-order valence-electron chi connectivity index (χ0n) is 18.0. The van der Waals surface area contributed by atoms with Crippen molar-refractivity contribution in [1.82, 2.24) is 19.9 Å². The van der Waals surface area contributed by atoms with Gasteiger partial charge in [-0.3, -0.25) is 14.7 Å². The maximum absolute atomic E-state index is 12.3. The summed E-state index contributed by atoms with van der Waals surface area (Å²) in [6.07, 6.45) is 5.29. The van der Waals surface area contributed by atoms with Crippen LogP contribution in [0.2, 0.25) is 0 Å². The summed E-state index contributed by atoms with van der Waals surface area (Å²) in [5.74, 6) is 3.21. The summed E-state index contributed by atoms with van der Waals surface area (Å²) in [7, 11) is 0. The van der Waals surface area contributed by atoms with E-state index in [0.29, 0.717) is 12.4 Å². The van der Waals surface area contributed by atoms with Crippen LogP contribution < -0.4 is 19.8 Å². The molecular formula is C24H26N4O4. The first-order chi connectivity index (χ1) is 15.7. The Morgan fingerprint density at radius 3 is 2.62 bits per heavy atom. The fourth-order valence-corrected chi connectivity index (χ4v) is 4.34. The summed E-state index contributed by atoms with van der Waals surface area (Å²) in [6, 6.07) is 9.29. The van der Waals surface area contributed by atoms with E-state index in [-0.39, 0.29) is 18.3 Å². The highest BCUT2D eigenvalue weighted by atomic mass is 16.7. The van der Waals surface area contributed by atoms with E-state index in [9.17, 15) is 4.79 Å². The Morgan fingerprint density at radius 2 is 1.88 bits per heavy atom. The Balaban J connectivity index is 1.28. The van der Waals surface area contributed by atoms with E-state index in [1.807, 2.05) is 31.2 Å². The molecule has 166 valence electrons. The lowest BCUT2D eigenvalue weighted by atomic mass is 9.93. The highest BCUT2D eigenvalue weighted by molar-refractivity contribution is 5.53. The van der Waals surface area contributed by atoms with Gasteiger partial charge in [0.1, 0.15) is 11.6 Å². The highest BCUT2D eigenvalue weighted by Gasteiger charge is 2.25. The van der Waals surface area contributed by atoms with Crippen LogP contribution in [0.3, 0.4) is 0 Å². The molecule has 32 heavy (non-hydrogen) atoms. The summed E-state index contributed by atoms with van der Waals surface area (Å²) in [5, 5.41) is 0. The van der Waals surface area contributed by atoms with E-state index >= 15 is 0 Å². The molecule has 1 saturated heterocycles. The van der Waals surface area contributed by atoms with Crippen LogP contribution in [0.25, 0.3) is 11.4 Å². The number of nitrogens with one attached hydrogen (secondary N) is 1. The summed E-state index contributed by atoms with van der Waals surface area (Å²) < 4.78 is 16.9. The van der Waals surface area contributed by atoms with Crippen molar-refractivity contribution in [3.05, 3.63) is 64.3 Å². The predicted octanol–water partition coefficient (Wildman–Crippen LogP) is 3.34. The third-order valence-electron chi connectivity index (χ3n) is 5.97. The second-order valence-corrected chi connectivity index (χ2v) is 8.05. The van der Waals surface area contributed by atoms with Crippen molar-refractivity contribution in [1.29, 1.82) is 0 Å². The maximum Gasteiger partial charge on any atom is 0.251 e. The van der Waals surface area contributed by atoms with Crippen LogP contribution in [0.1, 0.15) is 36.9 Å². The van der Waals surface area contributed by atoms with Gasteiger partial charge < -0.3 is 19.2 Å². The zero-order chi connectivity index (χ0) is 21.9. The summed E-state index contributed by atoms with van der Waals surface area (Å²) in [5.41, 5.74) is 2.70. The van der Waals surface area contributed by atoms with Gasteiger partial charge in [-0.15, -0.1) is 0 Å². The van der Waals surface area contributed by atoms with Gasteiger partial charge >= 0.3 is 0 Å². The molecule has 0 saturated carbocycles. The third kappa shape index (κ3) is 4.31. The van der Waals surface area contributed by atoms with Crippen molar-refractivity contribution in [2.75, 3.05) is 26.5 Å². The minimum Gasteiger partial charge on any atom is -0.493 e. The number of pyridine rings is 1. The number of H-pyrrole nitrogens is 1. The number of fused-ring (bicyclic) bond motifs is 1. The van der Waals surface area contributed by atoms with Gasteiger partial charge in [0.15, 0.2) is 11.5 Å². The van der Waals surface area contributed by atoms with Gasteiger partial charge in [-0.1, -0.05) is 0 Å². The molecule has 2 aromatic heterocycles. The molecule has 3 aromatic rings. The topological polar surface area (TPSA) is 89.6 Å². The summed E-state index contributed by atoms with van der Waals surface area (Å²) >= 11 is 0. The predicted molar refractivity (Wildman–Crippen MR) is 119 cm³/mol. The lowest BCUT2D eigenvalue weighted by Crippen LogP contribution is -2.33. The number of hydrogen-bond acceptors (Lipinski definition) is 7. The zero-order valence-corrected chi connectivity index (χ0v) is 18.0. The molecule has 8 nitrogen and oxygen atoms in total. The first-order valence-electron chi connectivity index (χ1n) is 11.0. The lowest BCUT2D eigenvalue weighted by molar-refractivity contribution is 0.173. The largest absolute Gasteiger partial charge is 0.493 e. The number of nitrogens with zero attached hydrogens (tertiary/aromatic N) is 3. The number of piperidine rings is 1. The number of aromatic amines is 1. The molecule has 0 spiro atoms. The van der Waals surface area contributed by atoms with E-state index in [1.165, 1.54) is 0 Å². The van der Waals surface area contributed by atoms with Crippen LogP contribution in [-0.4, -0.2) is 46.3 Å². The summed E-state index contributed by atoms with van der Waals surface area (Å²) in [4.78, 5) is 26.3. The average Bonchev–Trinajstić information content (AvgIpc) is 3.27. The minimum atomic E-state index is -0.119. The summed E-state index contributed by atoms with van der Waals surface area (Å²) in [6.45, 7) is 5.45. The number of aromatic nitrogens is 3. The van der Waals surface area contributed by atoms with Crippen molar-refractivity contribution >= 4 is 0 Å². The third-order valence-corrected chi connectivity index (χ3v) is 5.97. The molecule has 1 aromatic carbocycles. The second kappa shape index (κ2) is 9.00. The minimum absolute atomic E-state index is 0.119. The number of ether oxygens (including phenoxy) is 3. The Hall–Kier alpha value is -3.39.